The highest BCUT2D eigenvalue weighted by atomic mass is 35.5. The van der Waals surface area contributed by atoms with Crippen LogP contribution < -0.4 is 5.73 Å². The topological polar surface area (TPSA) is 74.2 Å². The van der Waals surface area contributed by atoms with Crippen molar-refractivity contribution in [3.63, 3.8) is 0 Å². The molecule has 1 fully saturated rings. The van der Waals surface area contributed by atoms with E-state index in [9.17, 15) is 0 Å². The van der Waals surface area contributed by atoms with Crippen LogP contribution in [0.5, 0.6) is 0 Å². The summed E-state index contributed by atoms with van der Waals surface area (Å²) in [5, 5.41) is 4.98. The predicted octanol–water partition coefficient (Wildman–Crippen LogP) is 2.54. The monoisotopic (exact) mass is 313 g/mol. The molecule has 0 amide bonds. The number of nitrogens with two attached hydrogens (primary N) is 1. The van der Waals surface area contributed by atoms with E-state index in [0.717, 1.165) is 5.56 Å². The average Bonchev–Trinajstić information content (AvgIpc) is 3.04. The molecule has 20 heavy (non-hydrogen) atoms. The summed E-state index contributed by atoms with van der Waals surface area (Å²) in [6.45, 7) is 1.02. The number of hydrogen-bond donors (Lipinski definition) is 1. The maximum absolute atomic E-state index is 6.17. The molecular formula is C13H13Cl2N3O2. The molecule has 106 valence electrons. The predicted molar refractivity (Wildman–Crippen MR) is 74.9 cm³/mol. The number of ether oxygens (including phenoxy) is 1. The quantitative estimate of drug-likeness (QED) is 0.942. The minimum Gasteiger partial charge on any atom is -0.379 e. The number of rotatable bonds is 3. The van der Waals surface area contributed by atoms with Gasteiger partial charge in [0.15, 0.2) is 5.82 Å². The molecule has 1 aromatic carbocycles. The van der Waals surface area contributed by atoms with Crippen molar-refractivity contribution in [1.82, 2.24) is 10.1 Å². The molecule has 1 aromatic heterocycles. The molecule has 7 heteroatoms. The lowest BCUT2D eigenvalue weighted by molar-refractivity contribution is 0.166. The van der Waals surface area contributed by atoms with Gasteiger partial charge in [0, 0.05) is 13.0 Å². The number of benzene rings is 1. The second-order valence-corrected chi connectivity index (χ2v) is 5.71. The first-order chi connectivity index (χ1) is 9.57. The van der Waals surface area contributed by atoms with Crippen LogP contribution in [0.4, 0.5) is 0 Å². The first kappa shape index (κ1) is 13.8. The highest BCUT2D eigenvalue weighted by Crippen LogP contribution is 2.27. The minimum atomic E-state index is -0.664. The van der Waals surface area contributed by atoms with Crippen LogP contribution in [-0.2, 0) is 16.7 Å². The van der Waals surface area contributed by atoms with Crippen LogP contribution >= 0.6 is 23.2 Å². The first-order valence-electron chi connectivity index (χ1n) is 6.20. The number of hydrogen-bond acceptors (Lipinski definition) is 5. The second-order valence-electron chi connectivity index (χ2n) is 4.90. The third kappa shape index (κ3) is 2.67. The summed E-state index contributed by atoms with van der Waals surface area (Å²) >= 11 is 11.9. The van der Waals surface area contributed by atoms with Crippen LogP contribution in [0.1, 0.15) is 23.7 Å². The third-order valence-electron chi connectivity index (χ3n) is 3.29. The first-order valence-corrected chi connectivity index (χ1v) is 6.96. The van der Waals surface area contributed by atoms with Crippen molar-refractivity contribution in [1.29, 1.82) is 0 Å². The SMILES string of the molecule is NC1(c2nc(Cc3ccc(Cl)c(Cl)c3)no2)CCOC1. The number of aromatic nitrogens is 2. The van der Waals surface area contributed by atoms with E-state index in [1.54, 1.807) is 12.1 Å². The normalized spacial score (nSPS) is 22.4. The fraction of sp³-hybridized carbons (Fsp3) is 0.385. The van der Waals surface area contributed by atoms with Gasteiger partial charge in [0.2, 0.25) is 5.89 Å². The van der Waals surface area contributed by atoms with Crippen molar-refractivity contribution in [2.75, 3.05) is 13.2 Å². The third-order valence-corrected chi connectivity index (χ3v) is 4.03. The largest absolute Gasteiger partial charge is 0.379 e. The lowest BCUT2D eigenvalue weighted by Crippen LogP contribution is -2.37. The summed E-state index contributed by atoms with van der Waals surface area (Å²) in [7, 11) is 0. The van der Waals surface area contributed by atoms with Gasteiger partial charge in [0.25, 0.3) is 0 Å². The Balaban J connectivity index is 1.78. The molecule has 1 atom stereocenters. The van der Waals surface area contributed by atoms with Crippen molar-refractivity contribution >= 4 is 23.2 Å². The van der Waals surface area contributed by atoms with Gasteiger partial charge in [0.1, 0.15) is 5.54 Å². The van der Waals surface area contributed by atoms with Gasteiger partial charge in [-0.1, -0.05) is 34.4 Å². The zero-order valence-electron chi connectivity index (χ0n) is 10.6. The fourth-order valence-electron chi connectivity index (χ4n) is 2.11. The Kier molecular flexibility index (Phi) is 3.69. The zero-order chi connectivity index (χ0) is 14.2. The lowest BCUT2D eigenvalue weighted by atomic mass is 10.0. The molecule has 2 N–H and O–H groups in total. The molecule has 2 aromatic rings. The van der Waals surface area contributed by atoms with E-state index < -0.39 is 5.54 Å². The Labute approximate surface area is 126 Å². The molecule has 1 unspecified atom stereocenters. The van der Waals surface area contributed by atoms with E-state index in [4.69, 9.17) is 38.2 Å². The molecule has 1 saturated heterocycles. The Hall–Kier alpha value is -1.14. The van der Waals surface area contributed by atoms with E-state index >= 15 is 0 Å². The lowest BCUT2D eigenvalue weighted by Gasteiger charge is -2.14. The van der Waals surface area contributed by atoms with Crippen LogP contribution in [0, 0.1) is 0 Å². The van der Waals surface area contributed by atoms with Gasteiger partial charge in [-0.2, -0.15) is 4.98 Å². The summed E-state index contributed by atoms with van der Waals surface area (Å²) in [5.74, 6) is 0.986. The van der Waals surface area contributed by atoms with Gasteiger partial charge < -0.3 is 15.0 Å². The fourth-order valence-corrected chi connectivity index (χ4v) is 2.43. The molecule has 5 nitrogen and oxygen atoms in total. The summed E-state index contributed by atoms with van der Waals surface area (Å²) < 4.78 is 10.5. The smallest absolute Gasteiger partial charge is 0.249 e. The Morgan fingerprint density at radius 1 is 1.30 bits per heavy atom. The molecular weight excluding hydrogens is 301 g/mol. The van der Waals surface area contributed by atoms with Crippen LogP contribution in [0.25, 0.3) is 0 Å². The van der Waals surface area contributed by atoms with Crippen molar-refractivity contribution in [2.45, 2.75) is 18.4 Å². The van der Waals surface area contributed by atoms with Gasteiger partial charge in [0.05, 0.1) is 16.7 Å². The van der Waals surface area contributed by atoms with E-state index in [-0.39, 0.29) is 0 Å². The highest BCUT2D eigenvalue weighted by molar-refractivity contribution is 6.42. The molecule has 0 spiro atoms. The summed E-state index contributed by atoms with van der Waals surface area (Å²) in [6.07, 6.45) is 1.19. The Bertz CT molecular complexity index is 624. The number of halogens is 2. The molecule has 0 saturated carbocycles. The van der Waals surface area contributed by atoms with Gasteiger partial charge in [-0.25, -0.2) is 0 Å². The zero-order valence-corrected chi connectivity index (χ0v) is 12.1. The highest BCUT2D eigenvalue weighted by Gasteiger charge is 2.38. The molecule has 0 aliphatic carbocycles. The maximum Gasteiger partial charge on any atom is 0.249 e. The van der Waals surface area contributed by atoms with E-state index in [2.05, 4.69) is 10.1 Å². The Morgan fingerprint density at radius 3 is 2.85 bits per heavy atom. The molecule has 1 aliphatic rings. The molecule has 2 heterocycles. The average molecular weight is 314 g/mol. The van der Waals surface area contributed by atoms with Gasteiger partial charge in [-0.3, -0.25) is 0 Å². The summed E-state index contributed by atoms with van der Waals surface area (Å²) in [5.41, 5.74) is 6.47. The number of nitrogens with zero attached hydrogens (tertiary/aromatic N) is 2. The Morgan fingerprint density at radius 2 is 2.15 bits per heavy atom. The molecule has 1 aliphatic heterocycles. The summed E-state index contributed by atoms with van der Waals surface area (Å²) in [6, 6.07) is 5.41. The van der Waals surface area contributed by atoms with E-state index in [0.29, 0.717) is 47.8 Å². The van der Waals surface area contributed by atoms with Crippen molar-refractivity contribution in [2.24, 2.45) is 5.73 Å². The van der Waals surface area contributed by atoms with Crippen molar-refractivity contribution in [3.05, 3.63) is 45.5 Å². The van der Waals surface area contributed by atoms with Crippen LogP contribution in [0.3, 0.4) is 0 Å². The maximum atomic E-state index is 6.17. The molecule has 3 rings (SSSR count). The van der Waals surface area contributed by atoms with Crippen LogP contribution in [-0.4, -0.2) is 23.4 Å². The minimum absolute atomic E-state index is 0.404. The van der Waals surface area contributed by atoms with Gasteiger partial charge in [-0.15, -0.1) is 0 Å². The standard InChI is InChI=1S/C13H13Cl2N3O2/c14-9-2-1-8(5-10(9)15)6-11-17-12(20-18-11)13(16)3-4-19-7-13/h1-2,5H,3-4,6-7,16H2. The van der Waals surface area contributed by atoms with Gasteiger partial charge >= 0.3 is 0 Å². The summed E-state index contributed by atoms with van der Waals surface area (Å²) in [4.78, 5) is 4.35. The van der Waals surface area contributed by atoms with Crippen molar-refractivity contribution < 1.29 is 9.26 Å². The van der Waals surface area contributed by atoms with E-state index in [1.165, 1.54) is 0 Å². The second kappa shape index (κ2) is 5.33. The van der Waals surface area contributed by atoms with Crippen LogP contribution in [0.2, 0.25) is 10.0 Å². The van der Waals surface area contributed by atoms with Crippen LogP contribution in [0.15, 0.2) is 22.7 Å². The van der Waals surface area contributed by atoms with Gasteiger partial charge in [-0.05, 0) is 24.1 Å². The molecule has 0 radical (unpaired) electrons. The molecule has 0 bridgehead atoms. The van der Waals surface area contributed by atoms with E-state index in [1.807, 2.05) is 6.07 Å². The van der Waals surface area contributed by atoms with Crippen molar-refractivity contribution in [3.8, 4) is 0 Å².